The van der Waals surface area contributed by atoms with Gasteiger partial charge in [-0.15, -0.1) is 12.4 Å². The fourth-order valence-electron chi connectivity index (χ4n) is 1.73. The Kier molecular flexibility index (Phi) is 9.58. The Morgan fingerprint density at radius 2 is 1.84 bits per heavy atom. The van der Waals surface area contributed by atoms with E-state index in [2.05, 4.69) is 5.32 Å². The summed E-state index contributed by atoms with van der Waals surface area (Å²) in [7, 11) is 1.79. The molecule has 0 aliphatic rings. The van der Waals surface area contributed by atoms with E-state index in [1.54, 1.807) is 25.2 Å². The van der Waals surface area contributed by atoms with Crippen LogP contribution < -0.4 is 10.1 Å². The van der Waals surface area contributed by atoms with Gasteiger partial charge >= 0.3 is 0 Å². The van der Waals surface area contributed by atoms with Crippen molar-refractivity contribution in [3.8, 4) is 5.75 Å². The highest BCUT2D eigenvalue weighted by Crippen LogP contribution is 2.26. The first-order chi connectivity index (χ1) is 8.56. The van der Waals surface area contributed by atoms with Gasteiger partial charge in [0.25, 0.3) is 0 Å². The molecule has 110 valence electrons. The van der Waals surface area contributed by atoms with E-state index in [1.165, 1.54) is 0 Å². The van der Waals surface area contributed by atoms with E-state index in [-0.39, 0.29) is 18.5 Å². The largest absolute Gasteiger partial charge is 0.488 e. The van der Waals surface area contributed by atoms with Crippen molar-refractivity contribution >= 4 is 35.6 Å². The van der Waals surface area contributed by atoms with Crippen molar-refractivity contribution in [1.29, 1.82) is 0 Å². The minimum Gasteiger partial charge on any atom is -0.488 e. The maximum absolute atomic E-state index is 9.99. The third kappa shape index (κ3) is 6.68. The third-order valence-corrected chi connectivity index (χ3v) is 2.98. The van der Waals surface area contributed by atoms with Gasteiger partial charge in [-0.1, -0.05) is 36.5 Å². The average Bonchev–Trinajstić information content (AvgIpc) is 2.27. The zero-order chi connectivity index (χ0) is 13.5. The summed E-state index contributed by atoms with van der Waals surface area (Å²) in [6.07, 6.45) is 0.872. The summed E-state index contributed by atoms with van der Waals surface area (Å²) in [4.78, 5) is 0. The van der Waals surface area contributed by atoms with E-state index < -0.39 is 6.10 Å². The van der Waals surface area contributed by atoms with Crippen LogP contribution in [-0.4, -0.2) is 30.9 Å². The third-order valence-electron chi connectivity index (χ3n) is 2.54. The molecule has 0 aromatic heterocycles. The molecule has 3 nitrogen and oxygen atoms in total. The van der Waals surface area contributed by atoms with Crippen molar-refractivity contribution in [1.82, 2.24) is 5.32 Å². The Labute approximate surface area is 130 Å². The first-order valence-corrected chi connectivity index (χ1v) is 6.77. The van der Waals surface area contributed by atoms with Crippen molar-refractivity contribution in [2.45, 2.75) is 32.0 Å². The van der Waals surface area contributed by atoms with Gasteiger partial charge in [0.05, 0.1) is 0 Å². The molecule has 1 aromatic rings. The monoisotopic (exact) mass is 327 g/mol. The summed E-state index contributed by atoms with van der Waals surface area (Å²) in [5.74, 6) is 0.584. The molecule has 19 heavy (non-hydrogen) atoms. The van der Waals surface area contributed by atoms with Gasteiger partial charge in [-0.05, 0) is 31.7 Å². The van der Waals surface area contributed by atoms with E-state index in [1.807, 2.05) is 6.92 Å². The molecule has 0 fully saturated rings. The minimum absolute atomic E-state index is 0. The molecule has 0 saturated carbocycles. The van der Waals surface area contributed by atoms with Crippen LogP contribution in [0.3, 0.4) is 0 Å². The first kappa shape index (κ1) is 18.8. The number of hydrogen-bond donors (Lipinski definition) is 2. The zero-order valence-corrected chi connectivity index (χ0v) is 13.4. The SMILES string of the molecule is CCC[C@H](Oc1cc(Cl)cc(Cl)c1)[C@H](O)CNC.Cl. The Bertz CT molecular complexity index is 357. The second kappa shape index (κ2) is 9.67. The van der Waals surface area contributed by atoms with Crippen LogP contribution in [0, 0.1) is 0 Å². The number of aliphatic hydroxyl groups is 1. The van der Waals surface area contributed by atoms with Crippen molar-refractivity contribution in [3.05, 3.63) is 28.2 Å². The lowest BCUT2D eigenvalue weighted by Crippen LogP contribution is -2.38. The normalized spacial score (nSPS) is 13.5. The van der Waals surface area contributed by atoms with Gasteiger partial charge in [-0.2, -0.15) is 0 Å². The number of aliphatic hydroxyl groups excluding tert-OH is 1. The molecule has 0 aliphatic heterocycles. The Morgan fingerprint density at radius 3 is 2.32 bits per heavy atom. The number of nitrogens with one attached hydrogen (secondary N) is 1. The fraction of sp³-hybridized carbons (Fsp3) is 0.538. The number of hydrogen-bond acceptors (Lipinski definition) is 3. The number of ether oxygens (including phenoxy) is 1. The number of rotatable bonds is 7. The van der Waals surface area contributed by atoms with Crippen LogP contribution in [0.2, 0.25) is 10.0 Å². The Balaban J connectivity index is 0.00000324. The molecule has 1 rings (SSSR count). The number of benzene rings is 1. The van der Waals surface area contributed by atoms with Crippen molar-refractivity contribution in [3.63, 3.8) is 0 Å². The highest BCUT2D eigenvalue weighted by atomic mass is 35.5. The number of likely N-dealkylation sites (N-methyl/N-ethyl adjacent to an activating group) is 1. The second-order valence-electron chi connectivity index (χ2n) is 4.18. The molecule has 0 heterocycles. The van der Waals surface area contributed by atoms with Gasteiger partial charge in [0, 0.05) is 16.6 Å². The topological polar surface area (TPSA) is 41.5 Å². The van der Waals surface area contributed by atoms with Crippen LogP contribution in [0.15, 0.2) is 18.2 Å². The summed E-state index contributed by atoms with van der Waals surface area (Å²) < 4.78 is 5.77. The Morgan fingerprint density at radius 1 is 1.26 bits per heavy atom. The molecule has 0 radical (unpaired) electrons. The van der Waals surface area contributed by atoms with Crippen LogP contribution in [0.25, 0.3) is 0 Å². The molecule has 0 amide bonds. The van der Waals surface area contributed by atoms with Gasteiger partial charge in [-0.25, -0.2) is 0 Å². The van der Waals surface area contributed by atoms with Gasteiger partial charge in [-0.3, -0.25) is 0 Å². The molecule has 0 saturated heterocycles. The molecular formula is C13H20Cl3NO2. The molecule has 2 N–H and O–H groups in total. The summed E-state index contributed by atoms with van der Waals surface area (Å²) in [6.45, 7) is 2.53. The van der Waals surface area contributed by atoms with Crippen LogP contribution in [0.5, 0.6) is 5.75 Å². The molecule has 0 aliphatic carbocycles. The van der Waals surface area contributed by atoms with Crippen LogP contribution in [0.4, 0.5) is 0 Å². The lowest BCUT2D eigenvalue weighted by molar-refractivity contribution is 0.0324. The molecule has 0 spiro atoms. The van der Waals surface area contributed by atoms with Gasteiger partial charge in [0.2, 0.25) is 0 Å². The maximum atomic E-state index is 9.99. The average molecular weight is 329 g/mol. The van der Waals surface area contributed by atoms with E-state index in [4.69, 9.17) is 27.9 Å². The summed E-state index contributed by atoms with van der Waals surface area (Å²) in [5, 5.41) is 14.0. The van der Waals surface area contributed by atoms with Crippen LogP contribution in [-0.2, 0) is 0 Å². The van der Waals surface area contributed by atoms with Gasteiger partial charge < -0.3 is 15.2 Å². The van der Waals surface area contributed by atoms with Crippen molar-refractivity contribution in [2.24, 2.45) is 0 Å². The quantitative estimate of drug-likeness (QED) is 0.804. The van der Waals surface area contributed by atoms with Crippen molar-refractivity contribution < 1.29 is 9.84 Å². The minimum atomic E-state index is -0.562. The smallest absolute Gasteiger partial charge is 0.126 e. The second-order valence-corrected chi connectivity index (χ2v) is 5.05. The van der Waals surface area contributed by atoms with Crippen molar-refractivity contribution in [2.75, 3.05) is 13.6 Å². The molecule has 6 heteroatoms. The van der Waals surface area contributed by atoms with E-state index in [9.17, 15) is 5.11 Å². The van der Waals surface area contributed by atoms with Gasteiger partial charge in [0.1, 0.15) is 18.0 Å². The highest BCUT2D eigenvalue weighted by molar-refractivity contribution is 6.34. The van der Waals surface area contributed by atoms with Crippen LogP contribution >= 0.6 is 35.6 Å². The summed E-state index contributed by atoms with van der Waals surface area (Å²) >= 11 is 11.8. The van der Waals surface area contributed by atoms with E-state index in [0.29, 0.717) is 22.3 Å². The zero-order valence-electron chi connectivity index (χ0n) is 11.0. The maximum Gasteiger partial charge on any atom is 0.126 e. The Hall–Kier alpha value is -0.190. The first-order valence-electron chi connectivity index (χ1n) is 6.02. The summed E-state index contributed by atoms with van der Waals surface area (Å²) in [6, 6.07) is 5.04. The highest BCUT2D eigenvalue weighted by Gasteiger charge is 2.19. The molecule has 1 aromatic carbocycles. The standard InChI is InChI=1S/C13H19Cl2NO2.ClH/c1-3-4-13(12(17)8-16-2)18-11-6-9(14)5-10(15)7-11;/h5-7,12-13,16-17H,3-4,8H2,1-2H3;1H/t12-,13+;/m1./s1. The number of halogens is 3. The predicted octanol–water partition coefficient (Wildman–Crippen LogP) is 3.54. The fourth-order valence-corrected chi connectivity index (χ4v) is 2.23. The lowest BCUT2D eigenvalue weighted by Gasteiger charge is -2.24. The predicted molar refractivity (Wildman–Crippen MR) is 83.0 cm³/mol. The van der Waals surface area contributed by atoms with Gasteiger partial charge in [0.15, 0.2) is 0 Å². The molecule has 2 atom stereocenters. The van der Waals surface area contributed by atoms with E-state index >= 15 is 0 Å². The molecular weight excluding hydrogens is 309 g/mol. The summed E-state index contributed by atoms with van der Waals surface area (Å²) in [5.41, 5.74) is 0. The van der Waals surface area contributed by atoms with E-state index in [0.717, 1.165) is 12.8 Å². The molecule has 0 bridgehead atoms. The molecule has 0 unspecified atom stereocenters. The lowest BCUT2D eigenvalue weighted by atomic mass is 10.1. The van der Waals surface area contributed by atoms with Crippen LogP contribution in [0.1, 0.15) is 19.8 Å².